The summed E-state index contributed by atoms with van der Waals surface area (Å²) in [6, 6.07) is 7.22. The zero-order valence-corrected chi connectivity index (χ0v) is 14.7. The molecule has 0 aliphatic carbocycles. The second-order valence-corrected chi connectivity index (χ2v) is 6.16. The summed E-state index contributed by atoms with van der Waals surface area (Å²) in [6.07, 6.45) is -4.24. The van der Waals surface area contributed by atoms with E-state index in [1.54, 1.807) is 25.3 Å². The quantitative estimate of drug-likeness (QED) is 0.879. The van der Waals surface area contributed by atoms with Crippen molar-refractivity contribution in [3.05, 3.63) is 36.3 Å². The van der Waals surface area contributed by atoms with Crippen molar-refractivity contribution in [2.75, 3.05) is 36.4 Å². The highest BCUT2D eigenvalue weighted by atomic mass is 19.4. The summed E-state index contributed by atoms with van der Waals surface area (Å²) < 4.78 is 37.2. The molecule has 1 aliphatic heterocycles. The van der Waals surface area contributed by atoms with Gasteiger partial charge in [-0.15, -0.1) is 0 Å². The molecule has 1 N–H and O–H groups in total. The maximum Gasteiger partial charge on any atom is 0.397 e. The number of hydrogen-bond donors (Lipinski definition) is 1. The van der Waals surface area contributed by atoms with Crippen molar-refractivity contribution in [2.45, 2.75) is 19.5 Å². The monoisotopic (exact) mass is 380 g/mol. The highest BCUT2D eigenvalue weighted by molar-refractivity contribution is 5.77. The summed E-state index contributed by atoms with van der Waals surface area (Å²) in [6.45, 7) is 3.02. The number of amides is 1. The van der Waals surface area contributed by atoms with Crippen LogP contribution in [0, 0.1) is 6.92 Å². The number of piperazine rings is 1. The lowest BCUT2D eigenvalue weighted by molar-refractivity contribution is -0.161. The average molecular weight is 380 g/mol. The first-order valence-electron chi connectivity index (χ1n) is 8.43. The summed E-state index contributed by atoms with van der Waals surface area (Å²) in [5, 5.41) is 3.10. The van der Waals surface area contributed by atoms with E-state index in [1.165, 1.54) is 4.90 Å². The predicted octanol–water partition coefficient (Wildman–Crippen LogP) is 2.52. The van der Waals surface area contributed by atoms with Crippen molar-refractivity contribution in [3.8, 4) is 0 Å². The Bertz CT molecular complexity index is 791. The molecule has 0 aromatic carbocycles. The van der Waals surface area contributed by atoms with Gasteiger partial charge in [-0.05, 0) is 19.1 Å². The van der Waals surface area contributed by atoms with Crippen LogP contribution in [0.4, 0.5) is 30.6 Å². The van der Waals surface area contributed by atoms with Crippen LogP contribution < -0.4 is 10.2 Å². The Balaban J connectivity index is 1.65. The Morgan fingerprint density at radius 2 is 1.89 bits per heavy atom. The SMILES string of the molecule is Cc1nc(Nc2ccccn2)cc(N2CCN(C(=O)CC(F)(F)F)CC2)n1. The number of aromatic nitrogens is 3. The number of anilines is 3. The second-order valence-electron chi connectivity index (χ2n) is 6.16. The van der Waals surface area contributed by atoms with Crippen LogP contribution in [0.1, 0.15) is 12.2 Å². The molecule has 7 nitrogen and oxygen atoms in total. The Hall–Kier alpha value is -2.91. The van der Waals surface area contributed by atoms with E-state index in [9.17, 15) is 18.0 Å². The Morgan fingerprint density at radius 1 is 1.15 bits per heavy atom. The lowest BCUT2D eigenvalue weighted by atomic mass is 10.2. The molecule has 0 atom stereocenters. The number of aryl methyl sites for hydroxylation is 1. The number of halogens is 3. The molecule has 1 fully saturated rings. The van der Waals surface area contributed by atoms with E-state index in [2.05, 4.69) is 20.3 Å². The molecule has 1 saturated heterocycles. The minimum absolute atomic E-state index is 0.223. The molecule has 0 saturated carbocycles. The molecular formula is C17H19F3N6O. The zero-order chi connectivity index (χ0) is 19.4. The summed E-state index contributed by atoms with van der Waals surface area (Å²) in [7, 11) is 0. The third-order valence-corrected chi connectivity index (χ3v) is 4.05. The standard InChI is InChI=1S/C17H19F3N6O/c1-12-22-14(24-13-4-2-3-5-21-13)10-15(23-12)25-6-8-26(9-7-25)16(27)11-17(18,19)20/h2-5,10H,6-9,11H2,1H3,(H,21,22,23,24). The van der Waals surface area contributed by atoms with Crippen LogP contribution in [0.2, 0.25) is 0 Å². The molecular weight excluding hydrogens is 361 g/mol. The number of nitrogens with one attached hydrogen (secondary N) is 1. The van der Waals surface area contributed by atoms with E-state index in [0.29, 0.717) is 36.4 Å². The van der Waals surface area contributed by atoms with Crippen LogP contribution in [0.5, 0.6) is 0 Å². The first-order chi connectivity index (χ1) is 12.8. The van der Waals surface area contributed by atoms with Gasteiger partial charge in [0, 0.05) is 38.4 Å². The number of carbonyl (C=O) groups excluding carboxylic acids is 1. The number of nitrogens with zero attached hydrogens (tertiary/aromatic N) is 5. The molecule has 3 heterocycles. The van der Waals surface area contributed by atoms with Gasteiger partial charge in [0.05, 0.1) is 0 Å². The fourth-order valence-corrected chi connectivity index (χ4v) is 2.81. The first-order valence-corrected chi connectivity index (χ1v) is 8.43. The van der Waals surface area contributed by atoms with Crippen LogP contribution in [-0.4, -0.2) is 58.1 Å². The van der Waals surface area contributed by atoms with E-state index < -0.39 is 18.5 Å². The van der Waals surface area contributed by atoms with Gasteiger partial charge in [-0.25, -0.2) is 15.0 Å². The Kier molecular flexibility index (Phi) is 5.43. The highest BCUT2D eigenvalue weighted by Crippen LogP contribution is 2.23. The fourth-order valence-electron chi connectivity index (χ4n) is 2.81. The van der Waals surface area contributed by atoms with Gasteiger partial charge in [-0.2, -0.15) is 13.2 Å². The van der Waals surface area contributed by atoms with Gasteiger partial charge < -0.3 is 15.1 Å². The van der Waals surface area contributed by atoms with Crippen molar-refractivity contribution in [2.24, 2.45) is 0 Å². The fraction of sp³-hybridized carbons (Fsp3) is 0.412. The smallest absolute Gasteiger partial charge is 0.353 e. The lowest BCUT2D eigenvalue weighted by Gasteiger charge is -2.35. The van der Waals surface area contributed by atoms with Crippen LogP contribution >= 0.6 is 0 Å². The van der Waals surface area contributed by atoms with Crippen molar-refractivity contribution < 1.29 is 18.0 Å². The van der Waals surface area contributed by atoms with Crippen LogP contribution in [0.15, 0.2) is 30.5 Å². The van der Waals surface area contributed by atoms with Gasteiger partial charge in [0.1, 0.15) is 29.7 Å². The molecule has 0 bridgehead atoms. The molecule has 27 heavy (non-hydrogen) atoms. The van der Waals surface area contributed by atoms with Gasteiger partial charge >= 0.3 is 6.18 Å². The minimum atomic E-state index is -4.48. The summed E-state index contributed by atoms with van der Waals surface area (Å²) in [5.74, 6) is 1.54. The third kappa shape index (κ3) is 5.28. The van der Waals surface area contributed by atoms with E-state index in [1.807, 2.05) is 17.0 Å². The largest absolute Gasteiger partial charge is 0.397 e. The predicted molar refractivity (Wildman–Crippen MR) is 93.8 cm³/mol. The van der Waals surface area contributed by atoms with Crippen molar-refractivity contribution in [3.63, 3.8) is 0 Å². The molecule has 0 radical (unpaired) electrons. The molecule has 2 aromatic heterocycles. The topological polar surface area (TPSA) is 74.2 Å². The van der Waals surface area contributed by atoms with E-state index in [4.69, 9.17) is 0 Å². The number of rotatable bonds is 4. The summed E-state index contributed by atoms with van der Waals surface area (Å²) >= 11 is 0. The third-order valence-electron chi connectivity index (χ3n) is 4.05. The molecule has 144 valence electrons. The van der Waals surface area contributed by atoms with Gasteiger partial charge in [0.25, 0.3) is 0 Å². The van der Waals surface area contributed by atoms with Crippen molar-refractivity contribution in [1.29, 1.82) is 0 Å². The number of pyridine rings is 1. The van der Waals surface area contributed by atoms with E-state index >= 15 is 0 Å². The van der Waals surface area contributed by atoms with Gasteiger partial charge in [-0.3, -0.25) is 4.79 Å². The normalized spacial score (nSPS) is 15.0. The Labute approximate surface area is 154 Å². The van der Waals surface area contributed by atoms with E-state index in [-0.39, 0.29) is 13.1 Å². The van der Waals surface area contributed by atoms with E-state index in [0.717, 1.165) is 0 Å². The van der Waals surface area contributed by atoms with Gasteiger partial charge in [0.15, 0.2) is 0 Å². The number of alkyl halides is 3. The molecule has 0 unspecified atom stereocenters. The molecule has 1 aliphatic rings. The molecule has 3 rings (SSSR count). The van der Waals surface area contributed by atoms with Gasteiger partial charge in [-0.1, -0.05) is 6.07 Å². The van der Waals surface area contributed by atoms with Crippen molar-refractivity contribution >= 4 is 23.4 Å². The van der Waals surface area contributed by atoms with Crippen LogP contribution in [0.3, 0.4) is 0 Å². The first kappa shape index (κ1) is 18.9. The maximum absolute atomic E-state index is 12.4. The molecule has 10 heteroatoms. The second kappa shape index (κ2) is 7.77. The molecule has 1 amide bonds. The maximum atomic E-state index is 12.4. The summed E-state index contributed by atoms with van der Waals surface area (Å²) in [4.78, 5) is 27.8. The van der Waals surface area contributed by atoms with Gasteiger partial charge in [0.2, 0.25) is 5.91 Å². The van der Waals surface area contributed by atoms with Crippen LogP contribution in [-0.2, 0) is 4.79 Å². The number of hydrogen-bond acceptors (Lipinski definition) is 6. The average Bonchev–Trinajstić information content (AvgIpc) is 2.61. The highest BCUT2D eigenvalue weighted by Gasteiger charge is 2.34. The minimum Gasteiger partial charge on any atom is -0.353 e. The van der Waals surface area contributed by atoms with Crippen LogP contribution in [0.25, 0.3) is 0 Å². The Morgan fingerprint density at radius 3 is 2.52 bits per heavy atom. The zero-order valence-electron chi connectivity index (χ0n) is 14.7. The number of carbonyl (C=O) groups is 1. The molecule has 0 spiro atoms. The van der Waals surface area contributed by atoms with Crippen molar-refractivity contribution in [1.82, 2.24) is 19.9 Å². The lowest BCUT2D eigenvalue weighted by Crippen LogP contribution is -2.49. The molecule has 2 aromatic rings. The summed E-state index contributed by atoms with van der Waals surface area (Å²) in [5.41, 5.74) is 0.